The van der Waals surface area contributed by atoms with E-state index in [0.29, 0.717) is 24.5 Å². The van der Waals surface area contributed by atoms with Gasteiger partial charge in [0, 0.05) is 30.1 Å². The Morgan fingerprint density at radius 2 is 1.88 bits per heavy atom. The average Bonchev–Trinajstić information content (AvgIpc) is 3.67. The molecule has 6 rings (SSSR count). The van der Waals surface area contributed by atoms with Crippen molar-refractivity contribution in [2.75, 3.05) is 13.2 Å². The van der Waals surface area contributed by atoms with Gasteiger partial charge in [-0.1, -0.05) is 50.2 Å². The SMILES string of the molecule is CCCc1nc2c(n1-c1ccc(-c3ccccc3-c3nn[nH]n3)cc1)C1C(O)=C(C(=O)OCC)C(=O)N1CC2C. The second-order valence-corrected chi connectivity index (χ2v) is 9.95. The van der Waals surface area contributed by atoms with Crippen LogP contribution in [0.1, 0.15) is 56.4 Å². The minimum Gasteiger partial charge on any atom is -0.509 e. The lowest BCUT2D eigenvalue weighted by Crippen LogP contribution is -2.39. The van der Waals surface area contributed by atoms with E-state index in [1.807, 2.05) is 60.0 Å². The standard InChI is InChI=1S/C29H29N7O4/c1-4-8-21-30-23-16(3)15-35-25(26(37)22(28(35)38)29(39)40-5-2)24(23)36(21)18-13-11-17(12-14-18)19-9-6-7-10-20(19)27-31-33-34-32-27/h6-7,9-14,16,25,37H,4-5,8,15H2,1-3H3,(H,31,32,33,34). The zero-order chi connectivity index (χ0) is 28.0. The molecule has 2 aliphatic heterocycles. The molecular weight excluding hydrogens is 510 g/mol. The van der Waals surface area contributed by atoms with Crippen LogP contribution in [0.15, 0.2) is 59.9 Å². The maximum absolute atomic E-state index is 13.3. The normalized spacial score (nSPS) is 18.2. The van der Waals surface area contributed by atoms with E-state index in [4.69, 9.17) is 9.72 Å². The largest absolute Gasteiger partial charge is 0.509 e. The zero-order valence-electron chi connectivity index (χ0n) is 22.5. The number of esters is 1. The number of aromatic nitrogens is 6. The highest BCUT2D eigenvalue weighted by molar-refractivity contribution is 6.18. The Morgan fingerprint density at radius 1 is 1.12 bits per heavy atom. The Morgan fingerprint density at radius 3 is 2.55 bits per heavy atom. The van der Waals surface area contributed by atoms with Crippen molar-refractivity contribution in [1.29, 1.82) is 0 Å². The zero-order valence-corrected chi connectivity index (χ0v) is 22.5. The third-order valence-electron chi connectivity index (χ3n) is 7.41. The molecule has 0 fully saturated rings. The van der Waals surface area contributed by atoms with Crippen molar-refractivity contribution in [1.82, 2.24) is 35.1 Å². The van der Waals surface area contributed by atoms with Gasteiger partial charge in [-0.25, -0.2) is 9.78 Å². The topological polar surface area (TPSA) is 139 Å². The lowest BCUT2D eigenvalue weighted by Gasteiger charge is -2.34. The first-order chi connectivity index (χ1) is 19.4. The molecule has 0 bridgehead atoms. The average molecular weight is 540 g/mol. The van der Waals surface area contributed by atoms with Crippen molar-refractivity contribution >= 4 is 11.9 Å². The highest BCUT2D eigenvalue weighted by Crippen LogP contribution is 2.46. The Kier molecular flexibility index (Phi) is 6.41. The molecule has 0 aliphatic carbocycles. The maximum atomic E-state index is 13.3. The first-order valence-corrected chi connectivity index (χ1v) is 13.4. The van der Waals surface area contributed by atoms with E-state index < -0.39 is 17.9 Å². The number of hydrogen-bond donors (Lipinski definition) is 2. The molecule has 204 valence electrons. The lowest BCUT2D eigenvalue weighted by atomic mass is 9.95. The lowest BCUT2D eigenvalue weighted by molar-refractivity contribution is -0.141. The van der Waals surface area contributed by atoms with E-state index in [9.17, 15) is 14.7 Å². The van der Waals surface area contributed by atoms with Crippen molar-refractivity contribution in [3.05, 3.63) is 77.1 Å². The number of carbonyl (C=O) groups excluding carboxylic acids is 2. The third kappa shape index (κ3) is 3.96. The van der Waals surface area contributed by atoms with E-state index in [1.54, 1.807) is 11.8 Å². The molecular formula is C29H29N7O4. The van der Waals surface area contributed by atoms with Crippen LogP contribution in [0.5, 0.6) is 0 Å². The summed E-state index contributed by atoms with van der Waals surface area (Å²) in [5, 5.41) is 25.7. The molecule has 2 aliphatic rings. The number of carbonyl (C=O) groups is 2. The molecule has 2 atom stereocenters. The number of aromatic amines is 1. The molecule has 2 N–H and O–H groups in total. The van der Waals surface area contributed by atoms with Crippen molar-refractivity contribution in [2.24, 2.45) is 0 Å². The molecule has 4 heterocycles. The fraction of sp³-hybridized carbons (Fsp3) is 0.310. The van der Waals surface area contributed by atoms with E-state index in [-0.39, 0.29) is 23.9 Å². The van der Waals surface area contributed by atoms with Gasteiger partial charge in [0.25, 0.3) is 5.91 Å². The van der Waals surface area contributed by atoms with Gasteiger partial charge in [-0.15, -0.1) is 10.2 Å². The number of hydrogen-bond acceptors (Lipinski definition) is 8. The molecule has 2 unspecified atom stereocenters. The monoisotopic (exact) mass is 539 g/mol. The number of tetrazole rings is 1. The summed E-state index contributed by atoms with van der Waals surface area (Å²) >= 11 is 0. The number of ether oxygens (including phenoxy) is 1. The highest BCUT2D eigenvalue weighted by Gasteiger charge is 2.50. The summed E-state index contributed by atoms with van der Waals surface area (Å²) in [4.78, 5) is 32.5. The number of imidazole rings is 1. The van der Waals surface area contributed by atoms with Gasteiger partial charge in [-0.3, -0.25) is 9.36 Å². The summed E-state index contributed by atoms with van der Waals surface area (Å²) < 4.78 is 7.12. The molecule has 2 aromatic heterocycles. The van der Waals surface area contributed by atoms with Gasteiger partial charge in [-0.05, 0) is 41.8 Å². The highest BCUT2D eigenvalue weighted by atomic mass is 16.5. The predicted molar refractivity (Wildman–Crippen MR) is 145 cm³/mol. The minimum atomic E-state index is -0.810. The number of nitrogens with zero attached hydrogens (tertiary/aromatic N) is 6. The Balaban J connectivity index is 1.47. The van der Waals surface area contributed by atoms with Crippen LogP contribution in [0.2, 0.25) is 0 Å². The van der Waals surface area contributed by atoms with Crippen LogP contribution in [-0.2, 0) is 20.7 Å². The van der Waals surface area contributed by atoms with Crippen LogP contribution in [0.3, 0.4) is 0 Å². The number of H-pyrrole nitrogens is 1. The molecule has 11 nitrogen and oxygen atoms in total. The summed E-state index contributed by atoms with van der Waals surface area (Å²) in [6.07, 6.45) is 1.57. The molecule has 11 heteroatoms. The number of aliphatic hydroxyl groups excluding tert-OH is 1. The van der Waals surface area contributed by atoms with Crippen LogP contribution < -0.4 is 0 Å². The second-order valence-electron chi connectivity index (χ2n) is 9.95. The summed E-state index contributed by atoms with van der Waals surface area (Å²) in [7, 11) is 0. The number of fused-ring (bicyclic) bond motifs is 3. The molecule has 2 aromatic carbocycles. The molecule has 0 saturated heterocycles. The van der Waals surface area contributed by atoms with Gasteiger partial charge in [0.15, 0.2) is 5.57 Å². The van der Waals surface area contributed by atoms with Gasteiger partial charge < -0.3 is 14.7 Å². The first-order valence-electron chi connectivity index (χ1n) is 13.4. The van der Waals surface area contributed by atoms with E-state index in [0.717, 1.165) is 40.3 Å². The van der Waals surface area contributed by atoms with Crippen molar-refractivity contribution < 1.29 is 19.4 Å². The fourth-order valence-electron chi connectivity index (χ4n) is 5.70. The van der Waals surface area contributed by atoms with E-state index in [1.165, 1.54) is 0 Å². The van der Waals surface area contributed by atoms with Gasteiger partial charge in [0.05, 0.1) is 18.0 Å². The first kappa shape index (κ1) is 25.5. The van der Waals surface area contributed by atoms with E-state index >= 15 is 0 Å². The van der Waals surface area contributed by atoms with Crippen LogP contribution >= 0.6 is 0 Å². The number of aryl methyl sites for hydroxylation is 1. The molecule has 1 amide bonds. The molecule has 0 spiro atoms. The van der Waals surface area contributed by atoms with Crippen LogP contribution in [0, 0.1) is 0 Å². The smallest absolute Gasteiger partial charge is 0.347 e. The summed E-state index contributed by atoms with van der Waals surface area (Å²) in [5.74, 6) is -0.345. The van der Waals surface area contributed by atoms with Crippen molar-refractivity contribution in [2.45, 2.75) is 45.6 Å². The maximum Gasteiger partial charge on any atom is 0.347 e. The molecule has 4 aromatic rings. The number of nitrogens with one attached hydrogen (secondary N) is 1. The van der Waals surface area contributed by atoms with Crippen molar-refractivity contribution in [3.8, 4) is 28.2 Å². The molecule has 0 radical (unpaired) electrons. The van der Waals surface area contributed by atoms with Gasteiger partial charge in [0.1, 0.15) is 17.6 Å². The number of amides is 1. The number of benzene rings is 2. The summed E-state index contributed by atoms with van der Waals surface area (Å²) in [6, 6.07) is 15.1. The van der Waals surface area contributed by atoms with Gasteiger partial charge in [-0.2, -0.15) is 5.21 Å². The van der Waals surface area contributed by atoms with Crippen molar-refractivity contribution in [3.63, 3.8) is 0 Å². The molecule has 40 heavy (non-hydrogen) atoms. The number of aliphatic hydroxyl groups is 1. The summed E-state index contributed by atoms with van der Waals surface area (Å²) in [6.45, 7) is 6.21. The molecule has 0 saturated carbocycles. The van der Waals surface area contributed by atoms with Crippen LogP contribution in [-0.4, -0.2) is 65.2 Å². The number of rotatable bonds is 7. The van der Waals surface area contributed by atoms with Crippen LogP contribution in [0.25, 0.3) is 28.2 Å². The third-order valence-corrected chi connectivity index (χ3v) is 7.41. The van der Waals surface area contributed by atoms with E-state index in [2.05, 4.69) is 27.5 Å². The van der Waals surface area contributed by atoms with Crippen LogP contribution in [0.4, 0.5) is 0 Å². The predicted octanol–water partition coefficient (Wildman–Crippen LogP) is 4.05. The van der Waals surface area contributed by atoms with Gasteiger partial charge >= 0.3 is 5.97 Å². The Labute approximate surface area is 230 Å². The minimum absolute atomic E-state index is 0.0810. The quantitative estimate of drug-likeness (QED) is 0.265. The Hall–Kier alpha value is -4.80. The Bertz CT molecular complexity index is 1620. The second kappa shape index (κ2) is 10.1. The summed E-state index contributed by atoms with van der Waals surface area (Å²) in [5.41, 5.74) is 4.84. The fourth-order valence-corrected chi connectivity index (χ4v) is 5.70. The van der Waals surface area contributed by atoms with Gasteiger partial charge in [0.2, 0.25) is 5.82 Å².